The average Bonchev–Trinajstić information content (AvgIpc) is 3.02. The van der Waals surface area contributed by atoms with Gasteiger partial charge in [-0.2, -0.15) is 5.26 Å². The Morgan fingerprint density at radius 1 is 1.15 bits per heavy atom. The van der Waals surface area contributed by atoms with E-state index in [4.69, 9.17) is 23.2 Å². The van der Waals surface area contributed by atoms with E-state index in [1.165, 1.54) is 16.7 Å². The molecule has 2 aliphatic rings. The molecule has 1 amide bonds. The Hall–Kier alpha value is -4.34. The first-order valence-electron chi connectivity index (χ1n) is 14.8. The smallest absolute Gasteiger partial charge is 0.272 e. The van der Waals surface area contributed by atoms with Gasteiger partial charge >= 0.3 is 0 Å². The van der Waals surface area contributed by atoms with Crippen LogP contribution in [0.4, 0.5) is 18.9 Å². The summed E-state index contributed by atoms with van der Waals surface area (Å²) in [6.07, 6.45) is 4.62. The molecule has 1 saturated heterocycles. The molecule has 0 spiro atoms. The summed E-state index contributed by atoms with van der Waals surface area (Å²) in [4.78, 5) is 39.7. The number of amides is 1. The summed E-state index contributed by atoms with van der Waals surface area (Å²) < 4.78 is 46.4. The van der Waals surface area contributed by atoms with Crippen LogP contribution in [0.2, 0.25) is 10.0 Å². The van der Waals surface area contributed by atoms with E-state index in [-0.39, 0.29) is 70.2 Å². The number of nitrogens with zero attached hydrogens (tertiary/aromatic N) is 6. The number of rotatable bonds is 5. The van der Waals surface area contributed by atoms with Crippen molar-refractivity contribution in [3.63, 3.8) is 0 Å². The number of fused-ring (bicyclic) bond motifs is 1. The number of phenols is 1. The number of aromatic hydroxyl groups is 1. The Morgan fingerprint density at radius 3 is 2.36 bits per heavy atom. The van der Waals surface area contributed by atoms with Gasteiger partial charge in [-0.15, -0.1) is 0 Å². The van der Waals surface area contributed by atoms with Crippen LogP contribution in [0.3, 0.4) is 0 Å². The van der Waals surface area contributed by atoms with Crippen molar-refractivity contribution >= 4 is 51.5 Å². The number of piperazine rings is 1. The SMILES string of the molecule is C=CC(=O)N1[C@H](C)CN(c2c(C#N)c(=O)n(C3C(C(C)C)=NC=C[C@H]3C)c3nc(-c4c(F)c(O)c(F)c(Cl)c4F)c(Cl)cc23)C[C@@H]1C. The van der Waals surface area contributed by atoms with E-state index in [0.717, 1.165) is 0 Å². The van der Waals surface area contributed by atoms with Crippen molar-refractivity contribution in [2.75, 3.05) is 18.0 Å². The predicted octanol–water partition coefficient (Wildman–Crippen LogP) is 6.78. The van der Waals surface area contributed by atoms with Crippen molar-refractivity contribution < 1.29 is 23.1 Å². The van der Waals surface area contributed by atoms with E-state index in [9.17, 15) is 24.3 Å². The highest BCUT2D eigenvalue weighted by Crippen LogP contribution is 2.43. The Bertz CT molecular complexity index is 1960. The number of phenolic OH excluding ortho intramolecular Hbond substituents is 1. The first kappa shape index (κ1) is 34.0. The van der Waals surface area contributed by atoms with E-state index < -0.39 is 51.1 Å². The third-order valence-electron chi connectivity index (χ3n) is 8.65. The van der Waals surface area contributed by atoms with Gasteiger partial charge in [-0.3, -0.25) is 19.1 Å². The predicted molar refractivity (Wildman–Crippen MR) is 176 cm³/mol. The molecule has 0 radical (unpaired) electrons. The van der Waals surface area contributed by atoms with Crippen LogP contribution in [-0.4, -0.2) is 56.3 Å². The zero-order valence-corrected chi connectivity index (χ0v) is 27.7. The van der Waals surface area contributed by atoms with Crippen molar-refractivity contribution in [2.45, 2.75) is 52.7 Å². The Morgan fingerprint density at radius 2 is 1.79 bits per heavy atom. The summed E-state index contributed by atoms with van der Waals surface area (Å²) in [5.74, 6) is -7.24. The maximum atomic E-state index is 15.4. The van der Waals surface area contributed by atoms with E-state index in [1.807, 2.05) is 34.6 Å². The van der Waals surface area contributed by atoms with Crippen LogP contribution in [0.5, 0.6) is 5.75 Å². The van der Waals surface area contributed by atoms with E-state index in [1.54, 1.807) is 22.1 Å². The number of nitriles is 1. The summed E-state index contributed by atoms with van der Waals surface area (Å²) in [5, 5.41) is 19.3. The highest BCUT2D eigenvalue weighted by atomic mass is 35.5. The first-order chi connectivity index (χ1) is 22.2. The van der Waals surface area contributed by atoms with Crippen molar-refractivity contribution in [2.24, 2.45) is 16.8 Å². The number of halogens is 5. The number of hydrogen-bond acceptors (Lipinski definition) is 7. The fraction of sp³-hybridized carbons (Fsp3) is 0.364. The molecule has 4 heterocycles. The van der Waals surface area contributed by atoms with Gasteiger partial charge in [0.15, 0.2) is 23.2 Å². The molecule has 47 heavy (non-hydrogen) atoms. The molecule has 1 unspecified atom stereocenters. The number of pyridine rings is 2. The van der Waals surface area contributed by atoms with Crippen molar-refractivity contribution in [3.8, 4) is 23.1 Å². The van der Waals surface area contributed by atoms with Gasteiger partial charge in [-0.1, -0.05) is 56.6 Å². The number of hydrogen-bond donors (Lipinski definition) is 1. The van der Waals surface area contributed by atoms with Gasteiger partial charge in [-0.25, -0.2) is 18.2 Å². The molecule has 1 aromatic carbocycles. The largest absolute Gasteiger partial charge is 0.503 e. The molecule has 14 heteroatoms. The monoisotopic (exact) mass is 686 g/mol. The number of benzene rings is 1. The number of anilines is 1. The molecule has 4 atom stereocenters. The lowest BCUT2D eigenvalue weighted by Gasteiger charge is -2.45. The molecule has 2 aliphatic heterocycles. The lowest BCUT2D eigenvalue weighted by atomic mass is 9.88. The summed E-state index contributed by atoms with van der Waals surface area (Å²) >= 11 is 12.4. The highest BCUT2D eigenvalue weighted by Gasteiger charge is 2.38. The first-order valence-corrected chi connectivity index (χ1v) is 15.6. The van der Waals surface area contributed by atoms with Gasteiger partial charge in [0.25, 0.3) is 5.56 Å². The highest BCUT2D eigenvalue weighted by molar-refractivity contribution is 6.34. The maximum absolute atomic E-state index is 15.4. The lowest BCUT2D eigenvalue weighted by molar-refractivity contribution is -0.130. The number of carbonyl (C=O) groups is 1. The number of aromatic nitrogens is 2. The van der Waals surface area contributed by atoms with Gasteiger partial charge in [0.05, 0.1) is 28.0 Å². The Labute approximate surface area is 278 Å². The molecule has 2 aromatic heterocycles. The zero-order valence-electron chi connectivity index (χ0n) is 26.2. The zero-order chi connectivity index (χ0) is 34.6. The van der Waals surface area contributed by atoms with Crippen molar-refractivity contribution in [1.29, 1.82) is 5.26 Å². The summed E-state index contributed by atoms with van der Waals surface area (Å²) in [5.41, 5.74) is -1.83. The second kappa shape index (κ2) is 12.7. The van der Waals surface area contributed by atoms with Gasteiger partial charge in [0, 0.05) is 48.4 Å². The van der Waals surface area contributed by atoms with Crippen LogP contribution >= 0.6 is 23.2 Å². The Kier molecular flexibility index (Phi) is 9.18. The molecule has 1 N–H and O–H groups in total. The molecule has 0 aliphatic carbocycles. The molecule has 0 saturated carbocycles. The van der Waals surface area contributed by atoms with Gasteiger partial charge in [0.1, 0.15) is 22.3 Å². The quantitative estimate of drug-likeness (QED) is 0.180. The van der Waals surface area contributed by atoms with E-state index >= 15 is 8.78 Å². The van der Waals surface area contributed by atoms with Crippen LogP contribution in [0, 0.1) is 40.6 Å². The van der Waals surface area contributed by atoms with Crippen LogP contribution < -0.4 is 10.5 Å². The Balaban J connectivity index is 1.91. The second-order valence-corrected chi connectivity index (χ2v) is 12.9. The number of aliphatic imine (C=N–C) groups is 1. The fourth-order valence-corrected chi connectivity index (χ4v) is 7.03. The molecular formula is C33H31Cl2F3N6O3. The van der Waals surface area contributed by atoms with Crippen LogP contribution in [0.15, 0.2) is 40.8 Å². The topological polar surface area (TPSA) is 115 Å². The van der Waals surface area contributed by atoms with Crippen LogP contribution in [0.25, 0.3) is 22.3 Å². The molecule has 9 nitrogen and oxygen atoms in total. The van der Waals surface area contributed by atoms with Gasteiger partial charge in [0.2, 0.25) is 5.91 Å². The minimum Gasteiger partial charge on any atom is -0.503 e. The fourth-order valence-electron chi connectivity index (χ4n) is 6.60. The summed E-state index contributed by atoms with van der Waals surface area (Å²) in [6.45, 7) is 13.3. The molecule has 0 bridgehead atoms. The van der Waals surface area contributed by atoms with Crippen molar-refractivity contribution in [1.82, 2.24) is 14.5 Å². The molecular weight excluding hydrogens is 656 g/mol. The average molecular weight is 688 g/mol. The number of allylic oxidation sites excluding steroid dienone is 1. The molecule has 5 rings (SSSR count). The minimum atomic E-state index is -1.70. The van der Waals surface area contributed by atoms with Crippen LogP contribution in [-0.2, 0) is 4.79 Å². The van der Waals surface area contributed by atoms with Gasteiger partial charge in [-0.05, 0) is 31.9 Å². The molecule has 3 aromatic rings. The molecule has 1 fully saturated rings. The molecule has 246 valence electrons. The van der Waals surface area contributed by atoms with Crippen molar-refractivity contribution in [3.05, 3.63) is 74.4 Å². The normalized spacial score (nSPS) is 21.3. The van der Waals surface area contributed by atoms with E-state index in [0.29, 0.717) is 5.71 Å². The minimum absolute atomic E-state index is 0.0902. The van der Waals surface area contributed by atoms with Gasteiger partial charge < -0.3 is 14.9 Å². The third-order valence-corrected chi connectivity index (χ3v) is 9.27. The standard InChI is InChI=1S/C33H31Cl2F3N6O3/c1-7-21(45)43-16(5)12-42(13-17(43)6)30-18-10-20(34)28(22-24(36)23(35)26(38)31(46)25(22)37)41-32(18)44(33(47)19(30)11-39)29-15(4)8-9-40-27(29)14(2)3/h7-10,14-17,29,46H,1,12-13H2,2-6H3/t15-,16-,17+,29?/m1/s1. The van der Waals surface area contributed by atoms with E-state index in [2.05, 4.69) is 22.6 Å². The summed E-state index contributed by atoms with van der Waals surface area (Å²) in [6, 6.07) is 1.88. The second-order valence-electron chi connectivity index (χ2n) is 12.1. The summed E-state index contributed by atoms with van der Waals surface area (Å²) in [7, 11) is 0. The lowest BCUT2D eigenvalue weighted by Crippen LogP contribution is -2.58. The maximum Gasteiger partial charge on any atom is 0.272 e. The van der Waals surface area contributed by atoms with Crippen LogP contribution in [0.1, 0.15) is 46.2 Å². The third kappa shape index (κ3) is 5.45. The number of carbonyl (C=O) groups excluding carboxylic acids is 1.